The van der Waals surface area contributed by atoms with Gasteiger partial charge in [0, 0.05) is 12.2 Å². The maximum Gasteiger partial charge on any atom is 0.115 e. The van der Waals surface area contributed by atoms with Crippen LogP contribution in [0.15, 0.2) is 12.5 Å². The van der Waals surface area contributed by atoms with Gasteiger partial charge < -0.3 is 5.32 Å². The summed E-state index contributed by atoms with van der Waals surface area (Å²) in [4.78, 5) is 8.47. The first-order valence-corrected chi connectivity index (χ1v) is 5.44. The molecule has 0 radical (unpaired) electrons. The molecule has 1 aliphatic heterocycles. The third kappa shape index (κ3) is 1.93. The molecule has 0 bridgehead atoms. The van der Waals surface area contributed by atoms with Gasteiger partial charge in [0.25, 0.3) is 0 Å². The van der Waals surface area contributed by atoms with Gasteiger partial charge >= 0.3 is 0 Å². The Morgan fingerprint density at radius 2 is 2.43 bits per heavy atom. The molecule has 1 unspecified atom stereocenters. The first kappa shape index (κ1) is 9.59. The molecule has 0 aliphatic carbocycles. The summed E-state index contributed by atoms with van der Waals surface area (Å²) >= 11 is 0. The lowest BCUT2D eigenvalue weighted by Crippen LogP contribution is -2.28. The van der Waals surface area contributed by atoms with E-state index in [4.69, 9.17) is 0 Å². The Balaban J connectivity index is 2.20. The monoisotopic (exact) mass is 191 g/mol. The number of hydrogen-bond acceptors (Lipinski definition) is 3. The van der Waals surface area contributed by atoms with Crippen LogP contribution in [-0.2, 0) is 6.42 Å². The van der Waals surface area contributed by atoms with Crippen molar-refractivity contribution in [2.45, 2.75) is 38.6 Å². The third-order valence-corrected chi connectivity index (χ3v) is 2.84. The second-order valence-electron chi connectivity index (χ2n) is 3.79. The molecule has 1 aromatic heterocycles. The van der Waals surface area contributed by atoms with Crippen LogP contribution >= 0.6 is 0 Å². The Hall–Kier alpha value is -0.960. The summed E-state index contributed by atoms with van der Waals surface area (Å²) in [5.41, 5.74) is 2.49. The zero-order valence-electron chi connectivity index (χ0n) is 8.66. The quantitative estimate of drug-likeness (QED) is 0.775. The van der Waals surface area contributed by atoms with E-state index in [0.29, 0.717) is 6.04 Å². The summed E-state index contributed by atoms with van der Waals surface area (Å²) in [5.74, 6) is 0. The summed E-state index contributed by atoms with van der Waals surface area (Å²) in [6, 6.07) is 0.460. The van der Waals surface area contributed by atoms with Crippen LogP contribution in [0, 0.1) is 0 Å². The Bertz CT molecular complexity index is 292. The van der Waals surface area contributed by atoms with E-state index >= 15 is 0 Å². The highest BCUT2D eigenvalue weighted by atomic mass is 15.0. The molecule has 0 spiro atoms. The normalized spacial score (nSPS) is 22.2. The predicted octanol–water partition coefficient (Wildman–Crippen LogP) is 1.85. The predicted molar refractivity (Wildman–Crippen MR) is 56.0 cm³/mol. The number of hydrogen-bond donors (Lipinski definition) is 1. The molecule has 3 heteroatoms. The number of piperidine rings is 1. The van der Waals surface area contributed by atoms with E-state index in [0.717, 1.165) is 13.0 Å². The van der Waals surface area contributed by atoms with Gasteiger partial charge in [-0.05, 0) is 31.4 Å². The van der Waals surface area contributed by atoms with Crippen molar-refractivity contribution < 1.29 is 0 Å². The molecule has 0 saturated carbocycles. The van der Waals surface area contributed by atoms with E-state index in [1.807, 2.05) is 6.20 Å². The lowest BCUT2D eigenvalue weighted by molar-refractivity contribution is 0.402. The molecule has 1 atom stereocenters. The summed E-state index contributed by atoms with van der Waals surface area (Å²) in [6.45, 7) is 3.28. The topological polar surface area (TPSA) is 37.8 Å². The van der Waals surface area contributed by atoms with Crippen molar-refractivity contribution in [2.24, 2.45) is 0 Å². The third-order valence-electron chi connectivity index (χ3n) is 2.84. The molecular formula is C11H17N3. The Morgan fingerprint density at radius 3 is 3.14 bits per heavy atom. The smallest absolute Gasteiger partial charge is 0.115 e. The van der Waals surface area contributed by atoms with Crippen LogP contribution in [0.25, 0.3) is 0 Å². The van der Waals surface area contributed by atoms with Crippen molar-refractivity contribution in [1.29, 1.82) is 0 Å². The van der Waals surface area contributed by atoms with Crippen LogP contribution in [0.2, 0.25) is 0 Å². The van der Waals surface area contributed by atoms with Gasteiger partial charge in [0.15, 0.2) is 0 Å². The zero-order chi connectivity index (χ0) is 9.80. The largest absolute Gasteiger partial charge is 0.309 e. The number of nitrogens with one attached hydrogen (secondary N) is 1. The highest BCUT2D eigenvalue weighted by Gasteiger charge is 2.18. The molecular weight excluding hydrogens is 174 g/mol. The standard InChI is InChI=1S/C11H17N3/c1-2-9-7-12-8-14-11(9)10-5-3-4-6-13-10/h7-8,10,13H,2-6H2,1H3. The van der Waals surface area contributed by atoms with E-state index in [2.05, 4.69) is 22.2 Å². The molecule has 1 N–H and O–H groups in total. The van der Waals surface area contributed by atoms with Gasteiger partial charge in [0.05, 0.1) is 5.69 Å². The Morgan fingerprint density at radius 1 is 1.50 bits per heavy atom. The number of aromatic nitrogens is 2. The van der Waals surface area contributed by atoms with Gasteiger partial charge in [-0.2, -0.15) is 0 Å². The van der Waals surface area contributed by atoms with Gasteiger partial charge in [-0.25, -0.2) is 9.97 Å². The first-order valence-electron chi connectivity index (χ1n) is 5.44. The minimum atomic E-state index is 0.460. The lowest BCUT2D eigenvalue weighted by atomic mass is 9.98. The molecule has 2 rings (SSSR count). The van der Waals surface area contributed by atoms with Crippen LogP contribution in [0.4, 0.5) is 0 Å². The van der Waals surface area contributed by atoms with Crippen molar-refractivity contribution in [2.75, 3.05) is 6.54 Å². The van der Waals surface area contributed by atoms with E-state index in [9.17, 15) is 0 Å². The van der Waals surface area contributed by atoms with Gasteiger partial charge in [-0.3, -0.25) is 0 Å². The van der Waals surface area contributed by atoms with E-state index < -0.39 is 0 Å². The van der Waals surface area contributed by atoms with Gasteiger partial charge in [0.2, 0.25) is 0 Å². The van der Waals surface area contributed by atoms with Crippen LogP contribution in [0.5, 0.6) is 0 Å². The Labute approximate surface area is 85.0 Å². The van der Waals surface area contributed by atoms with E-state index in [-0.39, 0.29) is 0 Å². The average Bonchev–Trinajstić information content (AvgIpc) is 2.30. The molecule has 1 aromatic rings. The van der Waals surface area contributed by atoms with Gasteiger partial charge in [-0.1, -0.05) is 13.3 Å². The maximum atomic E-state index is 4.40. The van der Waals surface area contributed by atoms with Crippen LogP contribution < -0.4 is 5.32 Å². The summed E-state index contributed by atoms with van der Waals surface area (Å²) in [6.07, 6.45) is 8.44. The molecule has 1 saturated heterocycles. The second kappa shape index (κ2) is 4.51. The summed E-state index contributed by atoms with van der Waals surface area (Å²) < 4.78 is 0. The van der Waals surface area contributed by atoms with Gasteiger partial charge in [0.1, 0.15) is 6.33 Å². The number of rotatable bonds is 2. The fourth-order valence-corrected chi connectivity index (χ4v) is 2.04. The van der Waals surface area contributed by atoms with Crippen molar-refractivity contribution in [3.05, 3.63) is 23.8 Å². The summed E-state index contributed by atoms with van der Waals surface area (Å²) in [7, 11) is 0. The number of nitrogens with zero attached hydrogens (tertiary/aromatic N) is 2. The minimum Gasteiger partial charge on any atom is -0.309 e. The summed E-state index contributed by atoms with van der Waals surface area (Å²) in [5, 5.41) is 3.52. The minimum absolute atomic E-state index is 0.460. The van der Waals surface area contributed by atoms with Crippen molar-refractivity contribution >= 4 is 0 Å². The Kier molecular flexibility index (Phi) is 3.09. The molecule has 2 heterocycles. The maximum absolute atomic E-state index is 4.40. The van der Waals surface area contributed by atoms with Crippen molar-refractivity contribution in [3.8, 4) is 0 Å². The first-order chi connectivity index (χ1) is 6.92. The van der Waals surface area contributed by atoms with E-state index in [1.165, 1.54) is 30.5 Å². The van der Waals surface area contributed by atoms with Gasteiger partial charge in [-0.15, -0.1) is 0 Å². The molecule has 1 fully saturated rings. The molecule has 76 valence electrons. The van der Waals surface area contributed by atoms with Crippen molar-refractivity contribution in [3.63, 3.8) is 0 Å². The van der Waals surface area contributed by atoms with E-state index in [1.54, 1.807) is 6.33 Å². The van der Waals surface area contributed by atoms with Crippen molar-refractivity contribution in [1.82, 2.24) is 15.3 Å². The lowest BCUT2D eigenvalue weighted by Gasteiger charge is -2.24. The van der Waals surface area contributed by atoms with Crippen LogP contribution in [-0.4, -0.2) is 16.5 Å². The molecule has 3 nitrogen and oxygen atoms in total. The molecule has 14 heavy (non-hydrogen) atoms. The zero-order valence-corrected chi connectivity index (χ0v) is 8.66. The van der Waals surface area contributed by atoms with Crippen LogP contribution in [0.1, 0.15) is 43.5 Å². The highest BCUT2D eigenvalue weighted by molar-refractivity contribution is 5.19. The van der Waals surface area contributed by atoms with Crippen LogP contribution in [0.3, 0.4) is 0 Å². The second-order valence-corrected chi connectivity index (χ2v) is 3.79. The fourth-order valence-electron chi connectivity index (χ4n) is 2.04. The average molecular weight is 191 g/mol. The molecule has 0 amide bonds. The number of aryl methyl sites for hydroxylation is 1. The SMILES string of the molecule is CCc1cncnc1C1CCCCN1. The molecule has 1 aliphatic rings. The highest BCUT2D eigenvalue weighted by Crippen LogP contribution is 2.23. The fraction of sp³-hybridized carbons (Fsp3) is 0.636. The molecule has 0 aromatic carbocycles.